The minimum absolute atomic E-state index is 0.253. The van der Waals surface area contributed by atoms with Crippen molar-refractivity contribution in [3.63, 3.8) is 0 Å². The van der Waals surface area contributed by atoms with Crippen LogP contribution in [-0.4, -0.2) is 22.5 Å². The molecule has 2 aromatic heterocycles. The van der Waals surface area contributed by atoms with Crippen LogP contribution in [0.15, 0.2) is 110 Å². The van der Waals surface area contributed by atoms with Crippen LogP contribution in [0.25, 0.3) is 33.5 Å². The lowest BCUT2D eigenvalue weighted by atomic mass is 10.2. The van der Waals surface area contributed by atoms with Crippen LogP contribution in [0.2, 0.25) is 0 Å². The van der Waals surface area contributed by atoms with E-state index >= 15 is 0 Å². The number of nitrogens with zero attached hydrogens (tertiary/aromatic N) is 3. The molecular formula is C32H23BrFN3O4. The van der Waals surface area contributed by atoms with E-state index in [4.69, 9.17) is 18.9 Å². The zero-order valence-corrected chi connectivity index (χ0v) is 23.5. The Labute approximate surface area is 242 Å². The Morgan fingerprint density at radius 1 is 0.976 bits per heavy atom. The van der Waals surface area contributed by atoms with Gasteiger partial charge in [-0.25, -0.2) is 9.37 Å². The molecule has 4 aromatic carbocycles. The maximum absolute atomic E-state index is 13.6. The molecule has 7 nitrogen and oxygen atoms in total. The topological polar surface area (TPSA) is 78.9 Å². The second-order valence-electron chi connectivity index (χ2n) is 9.16. The maximum Gasteiger partial charge on any atom is 0.282 e. The van der Waals surface area contributed by atoms with Crippen molar-refractivity contribution in [1.82, 2.24) is 9.66 Å². The molecule has 0 amide bonds. The Morgan fingerprint density at radius 3 is 2.63 bits per heavy atom. The summed E-state index contributed by atoms with van der Waals surface area (Å²) in [6, 6.07) is 26.1. The number of benzene rings is 4. The van der Waals surface area contributed by atoms with E-state index in [0.717, 1.165) is 15.4 Å². The quantitative estimate of drug-likeness (QED) is 0.166. The summed E-state index contributed by atoms with van der Waals surface area (Å²) < 4.78 is 33.2. The van der Waals surface area contributed by atoms with Gasteiger partial charge in [0.15, 0.2) is 17.3 Å². The van der Waals surface area contributed by atoms with Gasteiger partial charge in [-0.2, -0.15) is 9.78 Å². The van der Waals surface area contributed by atoms with Gasteiger partial charge < -0.3 is 13.9 Å². The molecule has 9 heteroatoms. The molecule has 2 heterocycles. The molecule has 0 aliphatic heterocycles. The molecule has 204 valence electrons. The van der Waals surface area contributed by atoms with E-state index in [1.54, 1.807) is 48.7 Å². The average Bonchev–Trinajstić information content (AvgIpc) is 3.40. The fourth-order valence-electron chi connectivity index (χ4n) is 4.37. The van der Waals surface area contributed by atoms with Gasteiger partial charge in [0, 0.05) is 9.86 Å². The molecule has 0 aliphatic rings. The average molecular weight is 612 g/mol. The standard InChI is InChI=1S/C32H23BrFN3O4/c1-2-39-29-15-21(9-13-28(29)40-19-20-7-11-24(34)12-8-20)18-35-37-31(36-26-6-4-3-5-25(26)32(37)38)30-17-22-16-23(33)10-14-27(22)41-30/h3-18H,2,19H2,1H3. The summed E-state index contributed by atoms with van der Waals surface area (Å²) in [5, 5.41) is 5.84. The number of fused-ring (bicyclic) bond motifs is 2. The van der Waals surface area contributed by atoms with Crippen molar-refractivity contribution in [3.05, 3.63) is 123 Å². The highest BCUT2D eigenvalue weighted by molar-refractivity contribution is 9.10. The predicted octanol–water partition coefficient (Wildman–Crippen LogP) is 7.57. The van der Waals surface area contributed by atoms with Crippen molar-refractivity contribution in [2.24, 2.45) is 5.10 Å². The molecule has 0 aliphatic carbocycles. The summed E-state index contributed by atoms with van der Waals surface area (Å²) in [6.45, 7) is 2.56. The molecule has 0 saturated carbocycles. The summed E-state index contributed by atoms with van der Waals surface area (Å²) in [5.74, 6) is 1.45. The maximum atomic E-state index is 13.6. The van der Waals surface area contributed by atoms with Crippen molar-refractivity contribution in [3.8, 4) is 23.1 Å². The SMILES string of the molecule is CCOc1cc(C=Nn2c(-c3cc4cc(Br)ccc4o3)nc3ccccc3c2=O)ccc1OCc1ccc(F)cc1. The minimum Gasteiger partial charge on any atom is -0.490 e. The monoisotopic (exact) mass is 611 g/mol. The van der Waals surface area contributed by atoms with E-state index in [1.807, 2.05) is 43.3 Å². The van der Waals surface area contributed by atoms with Crippen LogP contribution in [-0.2, 0) is 6.61 Å². The molecule has 0 N–H and O–H groups in total. The fraction of sp³-hybridized carbons (Fsp3) is 0.0938. The molecule has 0 atom stereocenters. The molecule has 0 spiro atoms. The molecule has 0 fully saturated rings. The Morgan fingerprint density at radius 2 is 1.80 bits per heavy atom. The molecule has 6 rings (SSSR count). The third-order valence-electron chi connectivity index (χ3n) is 6.35. The first kappa shape index (κ1) is 26.5. The number of ether oxygens (including phenoxy) is 2. The Hall–Kier alpha value is -4.76. The van der Waals surface area contributed by atoms with Crippen molar-refractivity contribution in [2.75, 3.05) is 6.61 Å². The predicted molar refractivity (Wildman–Crippen MR) is 160 cm³/mol. The number of furan rings is 1. The van der Waals surface area contributed by atoms with E-state index in [2.05, 4.69) is 21.0 Å². The van der Waals surface area contributed by atoms with E-state index in [-0.39, 0.29) is 23.8 Å². The van der Waals surface area contributed by atoms with Crippen molar-refractivity contribution in [2.45, 2.75) is 13.5 Å². The van der Waals surface area contributed by atoms with Gasteiger partial charge in [0.05, 0.1) is 23.7 Å². The fourth-order valence-corrected chi connectivity index (χ4v) is 4.75. The highest BCUT2D eigenvalue weighted by Crippen LogP contribution is 2.30. The van der Waals surface area contributed by atoms with Crippen LogP contribution in [0.3, 0.4) is 0 Å². The zero-order chi connectivity index (χ0) is 28.3. The van der Waals surface area contributed by atoms with Gasteiger partial charge in [0.25, 0.3) is 5.56 Å². The summed E-state index contributed by atoms with van der Waals surface area (Å²) in [4.78, 5) is 18.3. The van der Waals surface area contributed by atoms with Crippen molar-refractivity contribution < 1.29 is 18.3 Å². The lowest BCUT2D eigenvalue weighted by molar-refractivity contribution is 0.269. The van der Waals surface area contributed by atoms with Crippen LogP contribution in [0.4, 0.5) is 4.39 Å². The van der Waals surface area contributed by atoms with Crippen LogP contribution >= 0.6 is 15.9 Å². The van der Waals surface area contributed by atoms with Crippen LogP contribution in [0.1, 0.15) is 18.1 Å². The number of para-hydroxylation sites is 1. The molecule has 0 radical (unpaired) electrons. The second-order valence-corrected chi connectivity index (χ2v) is 10.1. The van der Waals surface area contributed by atoms with Gasteiger partial charge in [0.1, 0.15) is 18.0 Å². The molecule has 0 saturated heterocycles. The molecule has 41 heavy (non-hydrogen) atoms. The van der Waals surface area contributed by atoms with Gasteiger partial charge in [-0.05, 0) is 84.8 Å². The number of aromatic nitrogens is 2. The van der Waals surface area contributed by atoms with Gasteiger partial charge >= 0.3 is 0 Å². The van der Waals surface area contributed by atoms with Gasteiger partial charge in [0.2, 0.25) is 5.82 Å². The van der Waals surface area contributed by atoms with E-state index in [9.17, 15) is 9.18 Å². The second kappa shape index (κ2) is 11.4. The largest absolute Gasteiger partial charge is 0.490 e. The first-order chi connectivity index (χ1) is 20.0. The highest BCUT2D eigenvalue weighted by Gasteiger charge is 2.17. The lowest BCUT2D eigenvalue weighted by Crippen LogP contribution is -2.20. The van der Waals surface area contributed by atoms with Gasteiger partial charge in [-0.15, -0.1) is 0 Å². The van der Waals surface area contributed by atoms with E-state index < -0.39 is 0 Å². The smallest absolute Gasteiger partial charge is 0.282 e. The first-order valence-electron chi connectivity index (χ1n) is 12.9. The van der Waals surface area contributed by atoms with Crippen molar-refractivity contribution >= 4 is 44.0 Å². The molecule has 6 aromatic rings. The van der Waals surface area contributed by atoms with Crippen LogP contribution in [0.5, 0.6) is 11.5 Å². The number of halogens is 2. The Bertz CT molecular complexity index is 1970. The third-order valence-corrected chi connectivity index (χ3v) is 6.84. The molecule has 0 unspecified atom stereocenters. The van der Waals surface area contributed by atoms with Gasteiger partial charge in [-0.3, -0.25) is 4.79 Å². The number of rotatable bonds is 8. The van der Waals surface area contributed by atoms with E-state index in [1.165, 1.54) is 16.8 Å². The first-order valence-corrected chi connectivity index (χ1v) is 13.7. The lowest BCUT2D eigenvalue weighted by Gasteiger charge is -2.13. The summed E-state index contributed by atoms with van der Waals surface area (Å²) >= 11 is 3.48. The number of hydrogen-bond acceptors (Lipinski definition) is 6. The number of hydrogen-bond donors (Lipinski definition) is 0. The molecule has 0 bridgehead atoms. The zero-order valence-electron chi connectivity index (χ0n) is 21.9. The van der Waals surface area contributed by atoms with Gasteiger partial charge in [-0.1, -0.05) is 40.2 Å². The van der Waals surface area contributed by atoms with Crippen LogP contribution < -0.4 is 15.0 Å². The summed E-state index contributed by atoms with van der Waals surface area (Å²) in [6.07, 6.45) is 1.56. The third kappa shape index (κ3) is 5.62. The Kier molecular flexibility index (Phi) is 7.35. The summed E-state index contributed by atoms with van der Waals surface area (Å²) in [7, 11) is 0. The normalized spacial score (nSPS) is 11.5. The Balaban J connectivity index is 1.37. The summed E-state index contributed by atoms with van der Waals surface area (Å²) in [5.41, 5.74) is 2.39. The minimum atomic E-state index is -0.326. The van der Waals surface area contributed by atoms with Crippen LogP contribution in [0, 0.1) is 5.82 Å². The highest BCUT2D eigenvalue weighted by atomic mass is 79.9. The van der Waals surface area contributed by atoms with E-state index in [0.29, 0.717) is 45.9 Å². The van der Waals surface area contributed by atoms with Crippen molar-refractivity contribution in [1.29, 1.82) is 0 Å². The molecular weight excluding hydrogens is 589 g/mol.